The average molecular weight is 255 g/mol. The summed E-state index contributed by atoms with van der Waals surface area (Å²) in [4.78, 5) is 3.17. The lowest BCUT2D eigenvalue weighted by molar-refractivity contribution is 0.415. The maximum absolute atomic E-state index is 13.4. The van der Waals surface area contributed by atoms with Crippen LogP contribution in [0, 0.1) is 12.7 Å². The molecule has 0 saturated carbocycles. The highest BCUT2D eigenvalue weighted by atomic mass is 19.1. The lowest BCUT2D eigenvalue weighted by Crippen LogP contribution is -1.87. The standard InChI is InChI=1S/C16H14FNO/c1-10-3-5-12(19-2)8-13(10)15-9-18-16-6-4-11(17)7-14(15)16/h3-9,18H,1-2H3. The van der Waals surface area contributed by atoms with E-state index in [-0.39, 0.29) is 5.82 Å². The number of H-pyrrole nitrogens is 1. The van der Waals surface area contributed by atoms with Crippen molar-refractivity contribution in [3.8, 4) is 16.9 Å². The van der Waals surface area contributed by atoms with Gasteiger partial charge in [0.25, 0.3) is 0 Å². The maximum Gasteiger partial charge on any atom is 0.123 e. The molecule has 1 N–H and O–H groups in total. The van der Waals surface area contributed by atoms with Crippen molar-refractivity contribution < 1.29 is 9.13 Å². The van der Waals surface area contributed by atoms with Gasteiger partial charge in [-0.2, -0.15) is 0 Å². The lowest BCUT2D eigenvalue weighted by atomic mass is 10.00. The average Bonchev–Trinajstić information content (AvgIpc) is 2.82. The Labute approximate surface area is 110 Å². The molecular formula is C16H14FNO. The van der Waals surface area contributed by atoms with Gasteiger partial charge in [0, 0.05) is 22.7 Å². The van der Waals surface area contributed by atoms with Crippen LogP contribution in [0.4, 0.5) is 4.39 Å². The monoisotopic (exact) mass is 255 g/mol. The second kappa shape index (κ2) is 4.43. The largest absolute Gasteiger partial charge is 0.497 e. The number of fused-ring (bicyclic) bond motifs is 1. The van der Waals surface area contributed by atoms with Crippen molar-refractivity contribution in [3.63, 3.8) is 0 Å². The van der Waals surface area contributed by atoms with Gasteiger partial charge in [-0.1, -0.05) is 6.07 Å². The number of ether oxygens (including phenoxy) is 1. The number of benzene rings is 2. The number of halogens is 1. The molecule has 3 heteroatoms. The van der Waals surface area contributed by atoms with Crippen molar-refractivity contribution in [1.82, 2.24) is 4.98 Å². The molecule has 0 spiro atoms. The number of hydrogen-bond acceptors (Lipinski definition) is 1. The van der Waals surface area contributed by atoms with Crippen molar-refractivity contribution in [2.75, 3.05) is 7.11 Å². The highest BCUT2D eigenvalue weighted by molar-refractivity contribution is 5.96. The van der Waals surface area contributed by atoms with Crippen LogP contribution >= 0.6 is 0 Å². The zero-order valence-corrected chi connectivity index (χ0v) is 10.8. The summed E-state index contributed by atoms with van der Waals surface area (Å²) in [6.45, 7) is 2.03. The Balaban J connectivity index is 2.26. The molecule has 1 aromatic heterocycles. The van der Waals surface area contributed by atoms with E-state index in [1.54, 1.807) is 19.2 Å². The molecular weight excluding hydrogens is 241 g/mol. The van der Waals surface area contributed by atoms with E-state index in [9.17, 15) is 4.39 Å². The van der Waals surface area contributed by atoms with Crippen molar-refractivity contribution >= 4 is 10.9 Å². The van der Waals surface area contributed by atoms with E-state index in [0.717, 1.165) is 33.3 Å². The number of nitrogens with one attached hydrogen (secondary N) is 1. The summed E-state index contributed by atoms with van der Waals surface area (Å²) in [5.41, 5.74) is 4.10. The van der Waals surface area contributed by atoms with Gasteiger partial charge >= 0.3 is 0 Å². The number of rotatable bonds is 2. The fraction of sp³-hybridized carbons (Fsp3) is 0.125. The summed E-state index contributed by atoms with van der Waals surface area (Å²) in [6, 6.07) is 10.7. The molecule has 0 amide bonds. The molecule has 0 atom stereocenters. The van der Waals surface area contributed by atoms with Crippen LogP contribution in [0.3, 0.4) is 0 Å². The van der Waals surface area contributed by atoms with E-state index in [0.29, 0.717) is 0 Å². The third kappa shape index (κ3) is 1.97. The van der Waals surface area contributed by atoms with Crippen LogP contribution in [0.2, 0.25) is 0 Å². The lowest BCUT2D eigenvalue weighted by Gasteiger charge is -2.07. The molecule has 2 nitrogen and oxygen atoms in total. The van der Waals surface area contributed by atoms with Crippen molar-refractivity contribution in [3.05, 3.63) is 54.0 Å². The number of aromatic nitrogens is 1. The Morgan fingerprint density at radius 1 is 1.05 bits per heavy atom. The summed E-state index contributed by atoms with van der Waals surface area (Å²) in [5.74, 6) is 0.570. The summed E-state index contributed by atoms with van der Waals surface area (Å²) in [5, 5.41) is 0.886. The van der Waals surface area contributed by atoms with Gasteiger partial charge in [-0.25, -0.2) is 4.39 Å². The van der Waals surface area contributed by atoms with Crippen molar-refractivity contribution in [2.45, 2.75) is 6.92 Å². The first-order valence-electron chi connectivity index (χ1n) is 6.10. The van der Waals surface area contributed by atoms with Crippen LogP contribution in [0.5, 0.6) is 5.75 Å². The van der Waals surface area contributed by atoms with E-state index in [4.69, 9.17) is 4.74 Å². The normalized spacial score (nSPS) is 10.9. The van der Waals surface area contributed by atoms with Gasteiger partial charge in [-0.15, -0.1) is 0 Å². The molecule has 19 heavy (non-hydrogen) atoms. The predicted molar refractivity (Wildman–Crippen MR) is 75.0 cm³/mol. The van der Waals surface area contributed by atoms with Gasteiger partial charge in [-0.05, 0) is 48.4 Å². The molecule has 2 aromatic carbocycles. The van der Waals surface area contributed by atoms with Crippen LogP contribution in [0.25, 0.3) is 22.0 Å². The summed E-state index contributed by atoms with van der Waals surface area (Å²) in [7, 11) is 1.64. The smallest absolute Gasteiger partial charge is 0.123 e. The number of aryl methyl sites for hydroxylation is 1. The molecule has 96 valence electrons. The van der Waals surface area contributed by atoms with Gasteiger partial charge in [0.1, 0.15) is 11.6 Å². The third-order valence-electron chi connectivity index (χ3n) is 3.38. The molecule has 3 aromatic rings. The van der Waals surface area contributed by atoms with E-state index >= 15 is 0 Å². The van der Waals surface area contributed by atoms with Crippen LogP contribution in [-0.2, 0) is 0 Å². The van der Waals surface area contributed by atoms with Crippen LogP contribution < -0.4 is 4.74 Å². The van der Waals surface area contributed by atoms with E-state index in [1.165, 1.54) is 6.07 Å². The molecule has 0 aliphatic carbocycles. The molecule has 3 rings (SSSR count). The van der Waals surface area contributed by atoms with Gasteiger partial charge in [-0.3, -0.25) is 0 Å². The minimum atomic E-state index is -0.228. The first-order chi connectivity index (χ1) is 9.19. The Morgan fingerprint density at radius 2 is 1.89 bits per heavy atom. The highest BCUT2D eigenvalue weighted by Crippen LogP contribution is 2.33. The molecule has 0 unspecified atom stereocenters. The van der Waals surface area contributed by atoms with E-state index in [2.05, 4.69) is 4.98 Å². The topological polar surface area (TPSA) is 25.0 Å². The Morgan fingerprint density at radius 3 is 2.68 bits per heavy atom. The Hall–Kier alpha value is -2.29. The third-order valence-corrected chi connectivity index (χ3v) is 3.38. The fourth-order valence-electron chi connectivity index (χ4n) is 2.33. The van der Waals surface area contributed by atoms with E-state index in [1.807, 2.05) is 31.3 Å². The van der Waals surface area contributed by atoms with Gasteiger partial charge in [0.15, 0.2) is 0 Å². The summed E-state index contributed by atoms with van der Waals surface area (Å²) >= 11 is 0. The molecule has 0 aliphatic rings. The SMILES string of the molecule is COc1ccc(C)c(-c2c[nH]c3ccc(F)cc23)c1. The maximum atomic E-state index is 13.4. The van der Waals surface area contributed by atoms with Gasteiger partial charge in [0.2, 0.25) is 0 Å². The molecule has 0 radical (unpaired) electrons. The zero-order chi connectivity index (χ0) is 13.4. The molecule has 1 heterocycles. The number of hydrogen-bond donors (Lipinski definition) is 1. The quantitative estimate of drug-likeness (QED) is 0.726. The van der Waals surface area contributed by atoms with Crippen LogP contribution in [-0.4, -0.2) is 12.1 Å². The number of aromatic amines is 1. The van der Waals surface area contributed by atoms with Crippen molar-refractivity contribution in [1.29, 1.82) is 0 Å². The molecule has 0 aliphatic heterocycles. The second-order valence-corrected chi connectivity index (χ2v) is 4.57. The summed E-state index contributed by atoms with van der Waals surface area (Å²) < 4.78 is 18.7. The Bertz CT molecular complexity index is 746. The minimum absolute atomic E-state index is 0.228. The highest BCUT2D eigenvalue weighted by Gasteiger charge is 2.10. The van der Waals surface area contributed by atoms with Crippen LogP contribution in [0.15, 0.2) is 42.6 Å². The zero-order valence-electron chi connectivity index (χ0n) is 10.8. The van der Waals surface area contributed by atoms with Crippen molar-refractivity contribution in [2.24, 2.45) is 0 Å². The second-order valence-electron chi connectivity index (χ2n) is 4.57. The summed E-state index contributed by atoms with van der Waals surface area (Å²) in [6.07, 6.45) is 1.91. The first-order valence-corrected chi connectivity index (χ1v) is 6.10. The minimum Gasteiger partial charge on any atom is -0.497 e. The fourth-order valence-corrected chi connectivity index (χ4v) is 2.33. The van der Waals surface area contributed by atoms with E-state index < -0.39 is 0 Å². The Kier molecular flexibility index (Phi) is 2.75. The first kappa shape index (κ1) is 11.8. The molecule has 0 bridgehead atoms. The van der Waals surface area contributed by atoms with Gasteiger partial charge in [0.05, 0.1) is 7.11 Å². The molecule has 0 saturated heterocycles. The van der Waals surface area contributed by atoms with Crippen LogP contribution in [0.1, 0.15) is 5.56 Å². The molecule has 0 fully saturated rings. The van der Waals surface area contributed by atoms with Gasteiger partial charge < -0.3 is 9.72 Å². The predicted octanol–water partition coefficient (Wildman–Crippen LogP) is 4.29. The number of methoxy groups -OCH3 is 1.